The number of amides is 1. The zero-order chi connectivity index (χ0) is 20.9. The molecule has 7 heteroatoms. The number of anilines is 1. The van der Waals surface area contributed by atoms with E-state index in [9.17, 15) is 4.79 Å². The molecule has 0 bridgehead atoms. The predicted molar refractivity (Wildman–Crippen MR) is 125 cm³/mol. The number of fused-ring (bicyclic) bond motifs is 3. The molecule has 0 aliphatic carbocycles. The summed E-state index contributed by atoms with van der Waals surface area (Å²) in [5.74, 6) is 0.522. The lowest BCUT2D eigenvalue weighted by Gasteiger charge is -2.43. The van der Waals surface area contributed by atoms with E-state index < -0.39 is 5.54 Å². The quantitative estimate of drug-likeness (QED) is 0.306. The van der Waals surface area contributed by atoms with Crippen molar-refractivity contribution in [1.82, 2.24) is 0 Å². The van der Waals surface area contributed by atoms with Gasteiger partial charge in [-0.2, -0.15) is 0 Å². The van der Waals surface area contributed by atoms with Crippen molar-refractivity contribution in [3.05, 3.63) is 61.2 Å². The van der Waals surface area contributed by atoms with Gasteiger partial charge in [0.25, 0.3) is 5.91 Å². The van der Waals surface area contributed by atoms with E-state index in [0.717, 1.165) is 31.1 Å². The van der Waals surface area contributed by atoms with Gasteiger partial charge in [0, 0.05) is 16.1 Å². The zero-order valence-electron chi connectivity index (χ0n) is 16.5. The van der Waals surface area contributed by atoms with Crippen LogP contribution in [0.1, 0.15) is 29.9 Å². The molecule has 2 heterocycles. The van der Waals surface area contributed by atoms with Gasteiger partial charge in [0.1, 0.15) is 9.57 Å². The predicted octanol–water partition coefficient (Wildman–Crippen LogP) is 7.14. The van der Waals surface area contributed by atoms with Gasteiger partial charge in [-0.15, -0.1) is 0 Å². The van der Waals surface area contributed by atoms with Crippen molar-refractivity contribution >= 4 is 56.1 Å². The van der Waals surface area contributed by atoms with Crippen LogP contribution in [0.5, 0.6) is 5.75 Å². The van der Waals surface area contributed by atoms with Crippen LogP contribution in [0.2, 0.25) is 5.02 Å². The Hall–Kier alpha value is -1.73. The van der Waals surface area contributed by atoms with Gasteiger partial charge in [0.2, 0.25) is 0 Å². The lowest BCUT2D eigenvalue weighted by molar-refractivity contribution is -0.121. The van der Waals surface area contributed by atoms with Gasteiger partial charge in [-0.1, -0.05) is 44.5 Å². The number of carbonyl (C=O) groups excluding carboxylic acids is 1. The standard InChI is InChI=1S/C22H20ClNO2S3/c1-12-9-16-17(10-13(12)2)24(22(3,4)20-19(16)21(27)29-28-20)18(25)11-26-15-7-5-14(23)6-8-15/h5-10H,11H2,1-4H3. The molecule has 0 unspecified atom stereocenters. The zero-order valence-corrected chi connectivity index (χ0v) is 19.7. The van der Waals surface area contributed by atoms with Crippen molar-refractivity contribution in [2.24, 2.45) is 0 Å². The molecule has 2 aromatic carbocycles. The Morgan fingerprint density at radius 2 is 1.79 bits per heavy atom. The molecule has 150 valence electrons. The number of carbonyl (C=O) groups is 1. The van der Waals surface area contributed by atoms with Crippen molar-refractivity contribution in [3.63, 3.8) is 0 Å². The molecular formula is C22H20ClNO2S3. The van der Waals surface area contributed by atoms with Crippen molar-refractivity contribution in [2.45, 2.75) is 33.2 Å². The van der Waals surface area contributed by atoms with Crippen LogP contribution >= 0.6 is 44.5 Å². The fourth-order valence-electron chi connectivity index (χ4n) is 3.67. The molecule has 0 saturated carbocycles. The van der Waals surface area contributed by atoms with E-state index in [2.05, 4.69) is 39.8 Å². The smallest absolute Gasteiger partial charge is 0.265 e. The first-order valence-corrected chi connectivity index (χ1v) is 12.1. The lowest BCUT2D eigenvalue weighted by Crippen LogP contribution is -2.49. The molecule has 1 aromatic heterocycles. The molecule has 1 amide bonds. The highest BCUT2D eigenvalue weighted by atomic mass is 35.5. The first-order valence-electron chi connectivity index (χ1n) is 9.17. The second-order valence-corrected chi connectivity index (χ2v) is 10.9. The first-order chi connectivity index (χ1) is 13.7. The molecule has 4 rings (SSSR count). The molecule has 0 saturated heterocycles. The molecule has 1 aliphatic rings. The van der Waals surface area contributed by atoms with E-state index in [1.54, 1.807) is 44.9 Å². The Morgan fingerprint density at radius 3 is 2.48 bits per heavy atom. The number of hydrogen-bond acceptors (Lipinski definition) is 5. The lowest BCUT2D eigenvalue weighted by atomic mass is 9.86. The Bertz CT molecular complexity index is 1160. The number of aryl methyl sites for hydroxylation is 2. The summed E-state index contributed by atoms with van der Waals surface area (Å²) < 4.78 is 6.65. The van der Waals surface area contributed by atoms with E-state index in [-0.39, 0.29) is 12.5 Å². The molecule has 1 aliphatic heterocycles. The minimum absolute atomic E-state index is 0.0533. The van der Waals surface area contributed by atoms with E-state index in [1.807, 2.05) is 4.90 Å². The first kappa shape index (κ1) is 20.5. The SMILES string of the molecule is Cc1cc2c(cc1C)N(C(=O)COc1ccc(Cl)cc1)C(C)(C)c1ssc(=S)c1-2. The molecule has 0 radical (unpaired) electrons. The molecule has 0 N–H and O–H groups in total. The maximum absolute atomic E-state index is 13.4. The third-order valence-corrected chi connectivity index (χ3v) is 8.88. The average Bonchev–Trinajstić information content (AvgIpc) is 3.06. The normalized spacial score (nSPS) is 14.3. The highest BCUT2D eigenvalue weighted by Crippen LogP contribution is 2.52. The maximum atomic E-state index is 13.4. The molecule has 29 heavy (non-hydrogen) atoms. The number of rotatable bonds is 3. The van der Waals surface area contributed by atoms with Gasteiger partial charge in [-0.3, -0.25) is 9.69 Å². The van der Waals surface area contributed by atoms with E-state index in [4.69, 9.17) is 28.6 Å². The fraction of sp³-hybridized carbons (Fsp3) is 0.273. The van der Waals surface area contributed by atoms with Gasteiger partial charge in [0.15, 0.2) is 6.61 Å². The van der Waals surface area contributed by atoms with Crippen LogP contribution in [-0.4, -0.2) is 12.5 Å². The van der Waals surface area contributed by atoms with Crippen LogP contribution in [0.3, 0.4) is 0 Å². The molecule has 0 fully saturated rings. The highest BCUT2D eigenvalue weighted by Gasteiger charge is 2.43. The molecular weight excluding hydrogens is 442 g/mol. The summed E-state index contributed by atoms with van der Waals surface area (Å²) in [5.41, 5.74) is 4.84. The van der Waals surface area contributed by atoms with Crippen LogP contribution in [0.25, 0.3) is 11.1 Å². The monoisotopic (exact) mass is 461 g/mol. The molecule has 0 atom stereocenters. The second kappa shape index (κ2) is 7.51. The number of benzene rings is 2. The topological polar surface area (TPSA) is 29.5 Å². The Kier molecular flexibility index (Phi) is 5.32. The largest absolute Gasteiger partial charge is 0.484 e. The summed E-state index contributed by atoms with van der Waals surface area (Å²) in [7, 11) is 3.25. The van der Waals surface area contributed by atoms with Crippen LogP contribution in [0.15, 0.2) is 36.4 Å². The third-order valence-electron chi connectivity index (χ3n) is 5.29. The van der Waals surface area contributed by atoms with Crippen molar-refractivity contribution in [1.29, 1.82) is 0 Å². The van der Waals surface area contributed by atoms with Gasteiger partial charge in [-0.25, -0.2) is 0 Å². The minimum Gasteiger partial charge on any atom is -0.484 e. The van der Waals surface area contributed by atoms with Gasteiger partial charge >= 0.3 is 0 Å². The average molecular weight is 462 g/mol. The van der Waals surface area contributed by atoms with Crippen LogP contribution in [0, 0.1) is 17.7 Å². The number of ether oxygens (including phenoxy) is 1. The Labute approximate surface area is 187 Å². The summed E-state index contributed by atoms with van der Waals surface area (Å²) in [5, 5.41) is 0.631. The van der Waals surface area contributed by atoms with Crippen molar-refractivity contribution in [3.8, 4) is 16.9 Å². The van der Waals surface area contributed by atoms with Crippen LogP contribution in [-0.2, 0) is 10.3 Å². The van der Waals surface area contributed by atoms with E-state index in [0.29, 0.717) is 10.8 Å². The van der Waals surface area contributed by atoms with Gasteiger partial charge in [-0.05, 0) is 75.2 Å². The maximum Gasteiger partial charge on any atom is 0.265 e. The minimum atomic E-state index is -0.511. The number of hydrogen-bond donors (Lipinski definition) is 0. The number of nitrogens with zero attached hydrogens (tertiary/aromatic N) is 1. The summed E-state index contributed by atoms with van der Waals surface area (Å²) in [4.78, 5) is 16.4. The summed E-state index contributed by atoms with van der Waals surface area (Å²) >= 11 is 11.6. The van der Waals surface area contributed by atoms with Gasteiger partial charge < -0.3 is 4.74 Å². The van der Waals surface area contributed by atoms with Gasteiger partial charge in [0.05, 0.1) is 16.1 Å². The van der Waals surface area contributed by atoms with Crippen molar-refractivity contribution < 1.29 is 9.53 Å². The summed E-state index contributed by atoms with van der Waals surface area (Å²) in [6, 6.07) is 11.3. The third kappa shape index (κ3) is 3.52. The Morgan fingerprint density at radius 1 is 1.14 bits per heavy atom. The van der Waals surface area contributed by atoms with E-state index >= 15 is 0 Å². The summed E-state index contributed by atoms with van der Waals surface area (Å²) in [6.45, 7) is 8.24. The second-order valence-electron chi connectivity index (χ2n) is 7.64. The Balaban J connectivity index is 1.76. The molecule has 0 spiro atoms. The van der Waals surface area contributed by atoms with E-state index in [1.165, 1.54) is 5.56 Å². The van der Waals surface area contributed by atoms with Crippen molar-refractivity contribution in [2.75, 3.05) is 11.5 Å². The highest BCUT2D eigenvalue weighted by molar-refractivity contribution is 7.80. The number of halogens is 1. The molecule has 3 nitrogen and oxygen atoms in total. The summed E-state index contributed by atoms with van der Waals surface area (Å²) in [6.07, 6.45) is 0. The van der Waals surface area contributed by atoms with Crippen LogP contribution in [0.4, 0.5) is 5.69 Å². The fourth-order valence-corrected chi connectivity index (χ4v) is 7.08. The molecule has 3 aromatic rings. The van der Waals surface area contributed by atoms with Crippen LogP contribution < -0.4 is 9.64 Å².